The molecule has 5 heteroatoms. The number of nitrogens with zero attached hydrogens (tertiary/aromatic N) is 1. The average molecular weight is 264 g/mol. The number of halogens is 1. The number of rotatable bonds is 4. The maximum Gasteiger partial charge on any atom is 0.335 e. The van der Waals surface area contributed by atoms with Crippen molar-refractivity contribution in [2.75, 3.05) is 0 Å². The fourth-order valence-corrected chi connectivity index (χ4v) is 1.49. The molecule has 0 aliphatic carbocycles. The van der Waals surface area contributed by atoms with E-state index in [0.29, 0.717) is 11.6 Å². The summed E-state index contributed by atoms with van der Waals surface area (Å²) in [7, 11) is 0. The molecule has 92 valence electrons. The second-order valence-corrected chi connectivity index (χ2v) is 4.04. The van der Waals surface area contributed by atoms with E-state index in [1.165, 1.54) is 18.3 Å². The van der Waals surface area contributed by atoms with Crippen LogP contribution in [0.25, 0.3) is 0 Å². The zero-order chi connectivity index (χ0) is 13.0. The smallest absolute Gasteiger partial charge is 0.335 e. The largest absolute Gasteiger partial charge is 0.478 e. The molecule has 0 fully saturated rings. The molecule has 2 aromatic rings. The predicted octanol–water partition coefficient (Wildman–Crippen LogP) is 3.01. The monoisotopic (exact) mass is 263 g/mol. The second-order valence-electron chi connectivity index (χ2n) is 3.60. The average Bonchev–Trinajstić information content (AvgIpc) is 2.38. The van der Waals surface area contributed by atoms with Crippen molar-refractivity contribution >= 4 is 17.6 Å². The van der Waals surface area contributed by atoms with Crippen LogP contribution >= 0.6 is 11.6 Å². The van der Waals surface area contributed by atoms with Gasteiger partial charge in [0.25, 0.3) is 0 Å². The van der Waals surface area contributed by atoms with Crippen LogP contribution in [0, 0.1) is 0 Å². The highest BCUT2D eigenvalue weighted by atomic mass is 35.5. The van der Waals surface area contributed by atoms with E-state index in [2.05, 4.69) is 4.98 Å². The first-order valence-electron chi connectivity index (χ1n) is 5.22. The van der Waals surface area contributed by atoms with E-state index in [4.69, 9.17) is 21.4 Å². The van der Waals surface area contributed by atoms with Gasteiger partial charge in [-0.05, 0) is 23.8 Å². The van der Waals surface area contributed by atoms with E-state index in [1.807, 2.05) is 12.1 Å². The lowest BCUT2D eigenvalue weighted by Crippen LogP contribution is -2.00. The van der Waals surface area contributed by atoms with Gasteiger partial charge in [0, 0.05) is 17.3 Å². The van der Waals surface area contributed by atoms with Crippen LogP contribution in [0.2, 0.25) is 5.02 Å². The highest BCUT2D eigenvalue weighted by Gasteiger charge is 2.05. The fourth-order valence-electron chi connectivity index (χ4n) is 1.36. The number of carbonyl (C=O) groups is 1. The number of hydrogen-bond acceptors (Lipinski definition) is 3. The maximum absolute atomic E-state index is 10.8. The van der Waals surface area contributed by atoms with Gasteiger partial charge >= 0.3 is 5.97 Å². The first-order chi connectivity index (χ1) is 8.65. The molecule has 0 unspecified atom stereocenters. The number of aromatic nitrogens is 1. The van der Waals surface area contributed by atoms with Crippen molar-refractivity contribution in [2.24, 2.45) is 0 Å². The summed E-state index contributed by atoms with van der Waals surface area (Å²) in [6.45, 7) is 0.313. The lowest BCUT2D eigenvalue weighted by Gasteiger charge is -2.05. The van der Waals surface area contributed by atoms with E-state index < -0.39 is 5.97 Å². The molecule has 0 spiro atoms. The summed E-state index contributed by atoms with van der Waals surface area (Å²) < 4.78 is 5.41. The summed E-state index contributed by atoms with van der Waals surface area (Å²) in [5, 5.41) is 9.48. The Kier molecular flexibility index (Phi) is 3.79. The SMILES string of the molecule is O=C(O)c1ccnc(OCc2ccc(Cl)cc2)c1. The molecule has 0 saturated carbocycles. The predicted molar refractivity (Wildman–Crippen MR) is 67.0 cm³/mol. The molecule has 0 amide bonds. The zero-order valence-corrected chi connectivity index (χ0v) is 10.1. The Bertz CT molecular complexity index is 554. The van der Waals surface area contributed by atoms with Crippen LogP contribution in [0.4, 0.5) is 0 Å². The van der Waals surface area contributed by atoms with E-state index in [1.54, 1.807) is 12.1 Å². The highest BCUT2D eigenvalue weighted by Crippen LogP contribution is 2.13. The van der Waals surface area contributed by atoms with Crippen LogP contribution < -0.4 is 4.74 Å². The van der Waals surface area contributed by atoms with Gasteiger partial charge in [0.15, 0.2) is 0 Å². The van der Waals surface area contributed by atoms with E-state index in [-0.39, 0.29) is 11.4 Å². The number of benzene rings is 1. The first kappa shape index (κ1) is 12.4. The van der Waals surface area contributed by atoms with Gasteiger partial charge in [0.05, 0.1) is 5.56 Å². The van der Waals surface area contributed by atoms with Crippen LogP contribution in [-0.4, -0.2) is 16.1 Å². The summed E-state index contributed by atoms with van der Waals surface area (Å²) in [5.41, 5.74) is 1.08. The molecule has 0 atom stereocenters. The third-order valence-corrected chi connectivity index (χ3v) is 2.53. The Morgan fingerprint density at radius 3 is 2.67 bits per heavy atom. The Labute approximate surface area is 109 Å². The molecule has 1 aromatic heterocycles. The molecule has 2 rings (SSSR count). The van der Waals surface area contributed by atoms with Crippen LogP contribution in [0.15, 0.2) is 42.6 Å². The van der Waals surface area contributed by atoms with Crippen molar-refractivity contribution in [2.45, 2.75) is 6.61 Å². The third-order valence-electron chi connectivity index (χ3n) is 2.28. The Hall–Kier alpha value is -2.07. The second kappa shape index (κ2) is 5.51. The van der Waals surface area contributed by atoms with Crippen LogP contribution in [-0.2, 0) is 6.61 Å². The van der Waals surface area contributed by atoms with Gasteiger partial charge in [-0.15, -0.1) is 0 Å². The lowest BCUT2D eigenvalue weighted by molar-refractivity contribution is 0.0696. The molecule has 0 bridgehead atoms. The third kappa shape index (κ3) is 3.21. The van der Waals surface area contributed by atoms with Crippen molar-refractivity contribution in [1.82, 2.24) is 4.98 Å². The molecule has 0 radical (unpaired) electrons. The molecule has 0 aliphatic heterocycles. The van der Waals surface area contributed by atoms with E-state index in [0.717, 1.165) is 5.56 Å². The molecule has 4 nitrogen and oxygen atoms in total. The van der Waals surface area contributed by atoms with Gasteiger partial charge in [-0.2, -0.15) is 0 Å². The van der Waals surface area contributed by atoms with Gasteiger partial charge in [0.2, 0.25) is 5.88 Å². The number of aromatic carboxylic acids is 1. The molecule has 1 aromatic carbocycles. The minimum absolute atomic E-state index is 0.149. The standard InChI is InChI=1S/C13H10ClNO3/c14-11-3-1-9(2-4-11)8-18-12-7-10(13(16)17)5-6-15-12/h1-7H,8H2,(H,16,17). The van der Waals surface area contributed by atoms with Crippen molar-refractivity contribution in [1.29, 1.82) is 0 Å². The van der Waals surface area contributed by atoms with Gasteiger partial charge in [0.1, 0.15) is 6.61 Å². The van der Waals surface area contributed by atoms with Gasteiger partial charge in [-0.1, -0.05) is 23.7 Å². The maximum atomic E-state index is 10.8. The Morgan fingerprint density at radius 2 is 2.00 bits per heavy atom. The number of pyridine rings is 1. The number of ether oxygens (including phenoxy) is 1. The van der Waals surface area contributed by atoms with Gasteiger partial charge < -0.3 is 9.84 Å². The van der Waals surface area contributed by atoms with Crippen molar-refractivity contribution in [3.63, 3.8) is 0 Å². The number of hydrogen-bond donors (Lipinski definition) is 1. The molecular formula is C13H10ClNO3. The first-order valence-corrected chi connectivity index (χ1v) is 5.59. The minimum Gasteiger partial charge on any atom is -0.478 e. The number of carboxylic acid groups (broad SMARTS) is 1. The molecule has 0 aliphatic rings. The molecular weight excluding hydrogens is 254 g/mol. The summed E-state index contributed by atoms with van der Waals surface area (Å²) in [5.74, 6) is -0.724. The van der Waals surface area contributed by atoms with Crippen molar-refractivity contribution in [3.05, 3.63) is 58.7 Å². The number of carboxylic acids is 1. The topological polar surface area (TPSA) is 59.4 Å². The van der Waals surface area contributed by atoms with Crippen LogP contribution in [0.5, 0.6) is 5.88 Å². The quantitative estimate of drug-likeness (QED) is 0.921. The van der Waals surface area contributed by atoms with Gasteiger partial charge in [-0.3, -0.25) is 0 Å². The van der Waals surface area contributed by atoms with Crippen LogP contribution in [0.3, 0.4) is 0 Å². The molecule has 0 saturated heterocycles. The normalized spacial score (nSPS) is 10.1. The van der Waals surface area contributed by atoms with Crippen molar-refractivity contribution in [3.8, 4) is 5.88 Å². The molecule has 1 heterocycles. The molecule has 18 heavy (non-hydrogen) atoms. The Balaban J connectivity index is 2.04. The zero-order valence-electron chi connectivity index (χ0n) is 9.34. The summed E-state index contributed by atoms with van der Waals surface area (Å²) in [6.07, 6.45) is 1.40. The summed E-state index contributed by atoms with van der Waals surface area (Å²) in [6, 6.07) is 10.0. The van der Waals surface area contributed by atoms with Crippen LogP contribution in [0.1, 0.15) is 15.9 Å². The van der Waals surface area contributed by atoms with E-state index in [9.17, 15) is 4.79 Å². The Morgan fingerprint density at radius 1 is 1.28 bits per heavy atom. The van der Waals surface area contributed by atoms with E-state index >= 15 is 0 Å². The minimum atomic E-state index is -1.01. The van der Waals surface area contributed by atoms with Crippen molar-refractivity contribution < 1.29 is 14.6 Å². The highest BCUT2D eigenvalue weighted by molar-refractivity contribution is 6.30. The summed E-state index contributed by atoms with van der Waals surface area (Å²) in [4.78, 5) is 14.7. The summed E-state index contributed by atoms with van der Waals surface area (Å²) >= 11 is 5.77. The fraction of sp³-hybridized carbons (Fsp3) is 0.0769. The van der Waals surface area contributed by atoms with Gasteiger partial charge in [-0.25, -0.2) is 9.78 Å². The molecule has 1 N–H and O–H groups in total. The lowest BCUT2D eigenvalue weighted by atomic mass is 10.2.